The molecule has 1 fully saturated rings. The van der Waals surface area contributed by atoms with Crippen molar-refractivity contribution in [2.24, 2.45) is 10.7 Å². The molecule has 0 radical (unpaired) electrons. The van der Waals surface area contributed by atoms with Gasteiger partial charge in [-0.3, -0.25) is 4.99 Å². The Balaban J connectivity index is 2.53. The SMILES string of the molecule is C=CCNC(N)=NCC1(S(C)(=O)=O)CC1. The quantitative estimate of drug-likeness (QED) is 0.385. The number of nitrogens with zero attached hydrogens (tertiary/aromatic N) is 1. The van der Waals surface area contributed by atoms with E-state index in [1.807, 2.05) is 0 Å². The summed E-state index contributed by atoms with van der Waals surface area (Å²) in [5.41, 5.74) is 5.53. The lowest BCUT2D eigenvalue weighted by Gasteiger charge is -2.10. The average molecular weight is 231 g/mol. The lowest BCUT2D eigenvalue weighted by molar-refractivity contribution is 0.583. The van der Waals surface area contributed by atoms with Crippen LogP contribution in [0.5, 0.6) is 0 Å². The molecular weight excluding hydrogens is 214 g/mol. The molecule has 15 heavy (non-hydrogen) atoms. The summed E-state index contributed by atoms with van der Waals surface area (Å²) in [6.07, 6.45) is 4.28. The second-order valence-corrected chi connectivity index (χ2v) is 6.24. The van der Waals surface area contributed by atoms with Crippen LogP contribution in [0.3, 0.4) is 0 Å². The first-order chi connectivity index (χ1) is 6.91. The second-order valence-electron chi connectivity index (χ2n) is 3.83. The van der Waals surface area contributed by atoms with Crippen molar-refractivity contribution < 1.29 is 8.42 Å². The molecule has 0 spiro atoms. The van der Waals surface area contributed by atoms with E-state index in [0.29, 0.717) is 19.4 Å². The minimum atomic E-state index is -3.02. The van der Waals surface area contributed by atoms with E-state index < -0.39 is 14.6 Å². The summed E-state index contributed by atoms with van der Waals surface area (Å²) in [6, 6.07) is 0. The van der Waals surface area contributed by atoms with Crippen molar-refractivity contribution >= 4 is 15.8 Å². The smallest absolute Gasteiger partial charge is 0.188 e. The van der Waals surface area contributed by atoms with Crippen molar-refractivity contribution in [3.05, 3.63) is 12.7 Å². The second kappa shape index (κ2) is 4.22. The molecule has 0 aromatic heterocycles. The Kier molecular flexibility index (Phi) is 3.38. The fourth-order valence-corrected chi connectivity index (χ4v) is 2.39. The van der Waals surface area contributed by atoms with E-state index in [4.69, 9.17) is 5.73 Å². The summed E-state index contributed by atoms with van der Waals surface area (Å²) < 4.78 is 22.1. The Bertz CT molecular complexity index is 369. The van der Waals surface area contributed by atoms with Gasteiger partial charge < -0.3 is 11.1 Å². The van der Waals surface area contributed by atoms with Crippen LogP contribution in [0.1, 0.15) is 12.8 Å². The fourth-order valence-electron chi connectivity index (χ4n) is 1.25. The number of nitrogens with two attached hydrogens (primary N) is 1. The Morgan fingerprint density at radius 3 is 2.67 bits per heavy atom. The molecule has 0 aromatic rings. The number of hydrogen-bond acceptors (Lipinski definition) is 3. The molecule has 0 aromatic carbocycles. The maximum Gasteiger partial charge on any atom is 0.188 e. The molecule has 0 bridgehead atoms. The normalized spacial score (nSPS) is 19.7. The van der Waals surface area contributed by atoms with Gasteiger partial charge in [0.1, 0.15) is 0 Å². The van der Waals surface area contributed by atoms with Gasteiger partial charge >= 0.3 is 0 Å². The first kappa shape index (κ1) is 12.0. The molecule has 1 aliphatic rings. The summed E-state index contributed by atoms with van der Waals surface area (Å²) in [6.45, 7) is 4.30. The Hall–Kier alpha value is -1.04. The van der Waals surface area contributed by atoms with Gasteiger partial charge in [-0.2, -0.15) is 0 Å². The number of sulfone groups is 1. The fraction of sp³-hybridized carbons (Fsp3) is 0.667. The Morgan fingerprint density at radius 1 is 1.67 bits per heavy atom. The highest BCUT2D eigenvalue weighted by atomic mass is 32.2. The van der Waals surface area contributed by atoms with Crippen LogP contribution in [0.15, 0.2) is 17.6 Å². The molecule has 0 atom stereocenters. The number of guanidine groups is 1. The Labute approximate surface area is 90.4 Å². The first-order valence-electron chi connectivity index (χ1n) is 4.75. The largest absolute Gasteiger partial charge is 0.370 e. The summed E-state index contributed by atoms with van der Waals surface area (Å²) in [5, 5.41) is 2.80. The molecule has 5 nitrogen and oxygen atoms in total. The van der Waals surface area contributed by atoms with E-state index in [1.54, 1.807) is 6.08 Å². The van der Waals surface area contributed by atoms with Crippen LogP contribution in [0, 0.1) is 0 Å². The van der Waals surface area contributed by atoms with E-state index in [9.17, 15) is 8.42 Å². The maximum absolute atomic E-state index is 11.4. The molecule has 3 N–H and O–H groups in total. The van der Waals surface area contributed by atoms with E-state index in [2.05, 4.69) is 16.9 Å². The van der Waals surface area contributed by atoms with Crippen LogP contribution in [-0.2, 0) is 9.84 Å². The zero-order chi connectivity index (χ0) is 11.5. The molecule has 0 saturated heterocycles. The topological polar surface area (TPSA) is 84.5 Å². The molecule has 0 amide bonds. The van der Waals surface area contributed by atoms with E-state index in [1.165, 1.54) is 6.26 Å². The standard InChI is InChI=1S/C9H17N3O2S/c1-3-6-11-8(10)12-7-9(4-5-9)15(2,13)14/h3H,1,4-7H2,2H3,(H3,10,11,12). The lowest BCUT2D eigenvalue weighted by Crippen LogP contribution is -2.34. The molecular formula is C9H17N3O2S. The van der Waals surface area contributed by atoms with Crippen LogP contribution >= 0.6 is 0 Å². The highest BCUT2D eigenvalue weighted by Crippen LogP contribution is 2.43. The van der Waals surface area contributed by atoms with E-state index >= 15 is 0 Å². The van der Waals surface area contributed by atoms with Gasteiger partial charge in [0.2, 0.25) is 0 Å². The predicted octanol–water partition coefficient (Wildman–Crippen LogP) is -0.346. The molecule has 0 unspecified atom stereocenters. The maximum atomic E-state index is 11.4. The molecule has 0 heterocycles. The van der Waals surface area contributed by atoms with Gasteiger partial charge in [-0.05, 0) is 12.8 Å². The first-order valence-corrected chi connectivity index (χ1v) is 6.65. The number of hydrogen-bond donors (Lipinski definition) is 2. The van der Waals surface area contributed by atoms with Crippen molar-refractivity contribution in [2.75, 3.05) is 19.3 Å². The predicted molar refractivity (Wildman–Crippen MR) is 61.5 cm³/mol. The third kappa shape index (κ3) is 2.95. The van der Waals surface area contributed by atoms with Crippen LogP contribution in [0.2, 0.25) is 0 Å². The number of nitrogens with one attached hydrogen (secondary N) is 1. The van der Waals surface area contributed by atoms with Gasteiger partial charge in [-0.1, -0.05) is 6.08 Å². The molecule has 0 aliphatic heterocycles. The lowest BCUT2D eigenvalue weighted by atomic mass is 10.4. The summed E-state index contributed by atoms with van der Waals surface area (Å²) in [5.74, 6) is 0.268. The van der Waals surface area contributed by atoms with Gasteiger partial charge in [0.15, 0.2) is 15.8 Å². The third-order valence-corrected chi connectivity index (χ3v) is 4.67. The highest BCUT2D eigenvalue weighted by Gasteiger charge is 2.51. The van der Waals surface area contributed by atoms with Gasteiger partial charge in [-0.25, -0.2) is 8.42 Å². The van der Waals surface area contributed by atoms with Crippen molar-refractivity contribution in [2.45, 2.75) is 17.6 Å². The molecule has 1 aliphatic carbocycles. The van der Waals surface area contributed by atoms with Crippen LogP contribution in [0.25, 0.3) is 0 Å². The van der Waals surface area contributed by atoms with Gasteiger partial charge in [0.25, 0.3) is 0 Å². The van der Waals surface area contributed by atoms with Crippen LogP contribution < -0.4 is 11.1 Å². The van der Waals surface area contributed by atoms with E-state index in [-0.39, 0.29) is 12.5 Å². The summed E-state index contributed by atoms with van der Waals surface area (Å²) in [7, 11) is -3.02. The van der Waals surface area contributed by atoms with Crippen molar-refractivity contribution in [3.63, 3.8) is 0 Å². The number of aliphatic imine (C=N–C) groups is 1. The summed E-state index contributed by atoms with van der Waals surface area (Å²) in [4.78, 5) is 4.02. The van der Waals surface area contributed by atoms with Crippen molar-refractivity contribution in [3.8, 4) is 0 Å². The molecule has 1 saturated carbocycles. The third-order valence-electron chi connectivity index (χ3n) is 2.56. The van der Waals surface area contributed by atoms with Gasteiger partial charge in [0.05, 0.1) is 11.3 Å². The van der Waals surface area contributed by atoms with E-state index in [0.717, 1.165) is 0 Å². The summed E-state index contributed by atoms with van der Waals surface area (Å²) >= 11 is 0. The zero-order valence-corrected chi connectivity index (χ0v) is 9.68. The monoisotopic (exact) mass is 231 g/mol. The van der Waals surface area contributed by atoms with Crippen molar-refractivity contribution in [1.29, 1.82) is 0 Å². The molecule has 1 rings (SSSR count). The van der Waals surface area contributed by atoms with Crippen LogP contribution in [-0.4, -0.2) is 38.5 Å². The zero-order valence-electron chi connectivity index (χ0n) is 8.86. The van der Waals surface area contributed by atoms with Crippen molar-refractivity contribution in [1.82, 2.24) is 5.32 Å². The average Bonchev–Trinajstić information content (AvgIpc) is 2.91. The number of rotatable bonds is 5. The van der Waals surface area contributed by atoms with Gasteiger partial charge in [0, 0.05) is 12.8 Å². The highest BCUT2D eigenvalue weighted by molar-refractivity contribution is 7.92. The molecule has 6 heteroatoms. The minimum absolute atomic E-state index is 0.252. The van der Waals surface area contributed by atoms with Crippen LogP contribution in [0.4, 0.5) is 0 Å². The Morgan fingerprint density at radius 2 is 2.27 bits per heavy atom. The minimum Gasteiger partial charge on any atom is -0.370 e. The van der Waals surface area contributed by atoms with Gasteiger partial charge in [-0.15, -0.1) is 6.58 Å². The molecule has 86 valence electrons.